The van der Waals surface area contributed by atoms with E-state index in [0.29, 0.717) is 10.4 Å². The second-order valence-electron chi connectivity index (χ2n) is 4.86. The van der Waals surface area contributed by atoms with Gasteiger partial charge in [-0.25, -0.2) is 4.79 Å². The zero-order valence-corrected chi connectivity index (χ0v) is 9.50. The van der Waals surface area contributed by atoms with Crippen molar-refractivity contribution in [3.05, 3.63) is 28.8 Å². The van der Waals surface area contributed by atoms with E-state index < -0.39 is 5.97 Å². The Balaban J connectivity index is 1.86. The number of hydrogen-bond acceptors (Lipinski definition) is 2. The normalized spacial score (nSPS) is 20.7. The maximum absolute atomic E-state index is 10.9. The van der Waals surface area contributed by atoms with Gasteiger partial charge in [-0.1, -0.05) is 11.6 Å². The van der Waals surface area contributed by atoms with Crippen LogP contribution in [0, 0.1) is 5.41 Å². The summed E-state index contributed by atoms with van der Waals surface area (Å²) in [7, 11) is 0. The smallest absolute Gasteiger partial charge is 0.335 e. The summed E-state index contributed by atoms with van der Waals surface area (Å²) in [6, 6.07) is 5.02. The summed E-state index contributed by atoms with van der Waals surface area (Å²) < 4.78 is 0. The van der Waals surface area contributed by atoms with Crippen molar-refractivity contribution in [2.45, 2.75) is 12.8 Å². The molecule has 2 fully saturated rings. The molecule has 2 aliphatic rings. The van der Waals surface area contributed by atoms with Crippen molar-refractivity contribution in [1.29, 1.82) is 0 Å². The van der Waals surface area contributed by atoms with Gasteiger partial charge in [0.05, 0.1) is 5.56 Å². The fraction of sp³-hybridized carbons (Fsp3) is 0.417. The van der Waals surface area contributed by atoms with E-state index in [9.17, 15) is 4.79 Å². The number of carboxylic acids is 1. The Morgan fingerprint density at radius 2 is 2.00 bits per heavy atom. The second-order valence-corrected chi connectivity index (χ2v) is 5.30. The molecule has 1 aromatic rings. The van der Waals surface area contributed by atoms with Crippen LogP contribution in [0.5, 0.6) is 0 Å². The van der Waals surface area contributed by atoms with Gasteiger partial charge in [-0.15, -0.1) is 0 Å². The summed E-state index contributed by atoms with van der Waals surface area (Å²) in [4.78, 5) is 13.1. The molecule has 0 atom stereocenters. The SMILES string of the molecule is O=C(O)c1cc(Cl)cc(N2CC3(CC3)C2)c1. The Bertz CT molecular complexity index is 460. The molecule has 4 heteroatoms. The lowest BCUT2D eigenvalue weighted by atomic mass is 9.96. The number of carboxylic acid groups (broad SMARTS) is 1. The minimum absolute atomic E-state index is 0.263. The Morgan fingerprint density at radius 1 is 1.31 bits per heavy atom. The van der Waals surface area contributed by atoms with Gasteiger partial charge in [-0.05, 0) is 31.0 Å². The van der Waals surface area contributed by atoms with Crippen LogP contribution in [0.1, 0.15) is 23.2 Å². The van der Waals surface area contributed by atoms with Crippen molar-refractivity contribution in [1.82, 2.24) is 0 Å². The summed E-state index contributed by atoms with van der Waals surface area (Å²) in [5.41, 5.74) is 1.76. The highest BCUT2D eigenvalue weighted by atomic mass is 35.5. The van der Waals surface area contributed by atoms with Crippen molar-refractivity contribution in [3.63, 3.8) is 0 Å². The number of carbonyl (C=O) groups is 1. The third-order valence-corrected chi connectivity index (χ3v) is 3.72. The summed E-state index contributed by atoms with van der Waals surface area (Å²) in [6.07, 6.45) is 2.63. The van der Waals surface area contributed by atoms with Gasteiger partial charge in [0, 0.05) is 29.2 Å². The van der Waals surface area contributed by atoms with Crippen LogP contribution in [0.25, 0.3) is 0 Å². The van der Waals surface area contributed by atoms with Crippen LogP contribution < -0.4 is 4.90 Å². The number of benzene rings is 1. The Hall–Kier alpha value is -1.22. The summed E-state index contributed by atoms with van der Waals surface area (Å²) >= 11 is 5.92. The summed E-state index contributed by atoms with van der Waals surface area (Å²) in [5, 5.41) is 9.44. The molecule has 0 amide bonds. The molecular formula is C12H12ClNO2. The van der Waals surface area contributed by atoms with Crippen molar-refractivity contribution >= 4 is 23.3 Å². The number of anilines is 1. The van der Waals surface area contributed by atoms with Crippen molar-refractivity contribution in [2.75, 3.05) is 18.0 Å². The molecule has 1 saturated carbocycles. The summed E-state index contributed by atoms with van der Waals surface area (Å²) in [6.45, 7) is 2.10. The predicted octanol–water partition coefficient (Wildman–Crippen LogP) is 2.64. The van der Waals surface area contributed by atoms with Gasteiger partial charge in [-0.2, -0.15) is 0 Å². The van der Waals surface area contributed by atoms with Gasteiger partial charge in [-0.3, -0.25) is 0 Å². The lowest BCUT2D eigenvalue weighted by Crippen LogP contribution is -2.48. The maximum atomic E-state index is 10.9. The highest BCUT2D eigenvalue weighted by Crippen LogP contribution is 2.54. The second kappa shape index (κ2) is 3.14. The summed E-state index contributed by atoms with van der Waals surface area (Å²) in [5.74, 6) is -0.926. The first kappa shape index (κ1) is 9.97. The number of nitrogens with zero attached hydrogens (tertiary/aromatic N) is 1. The molecule has 1 saturated heterocycles. The van der Waals surface area contributed by atoms with Crippen LogP contribution in [0.3, 0.4) is 0 Å². The zero-order chi connectivity index (χ0) is 11.3. The Kier molecular flexibility index (Phi) is 1.96. The van der Waals surface area contributed by atoms with Crippen LogP contribution in [-0.2, 0) is 0 Å². The highest BCUT2D eigenvalue weighted by Gasteiger charge is 2.52. The topological polar surface area (TPSA) is 40.5 Å². The maximum Gasteiger partial charge on any atom is 0.335 e. The molecular weight excluding hydrogens is 226 g/mol. The van der Waals surface area contributed by atoms with Gasteiger partial charge in [0.15, 0.2) is 0 Å². The van der Waals surface area contributed by atoms with Crippen LogP contribution >= 0.6 is 11.6 Å². The first-order valence-corrected chi connectivity index (χ1v) is 5.75. The van der Waals surface area contributed by atoms with Gasteiger partial charge in [0.2, 0.25) is 0 Å². The third-order valence-electron chi connectivity index (χ3n) is 3.50. The standard InChI is InChI=1S/C12H12ClNO2/c13-9-3-8(11(15)16)4-10(5-9)14-6-12(7-14)1-2-12/h3-5H,1-2,6-7H2,(H,15,16). The highest BCUT2D eigenvalue weighted by molar-refractivity contribution is 6.31. The molecule has 1 heterocycles. The molecule has 84 valence electrons. The largest absolute Gasteiger partial charge is 0.478 e. The number of halogens is 1. The predicted molar refractivity (Wildman–Crippen MR) is 62.3 cm³/mol. The lowest BCUT2D eigenvalue weighted by Gasteiger charge is -2.42. The molecule has 1 aliphatic heterocycles. The van der Waals surface area contributed by atoms with E-state index in [1.54, 1.807) is 6.07 Å². The fourth-order valence-electron chi connectivity index (χ4n) is 2.32. The van der Waals surface area contributed by atoms with E-state index in [1.807, 2.05) is 6.07 Å². The fourth-order valence-corrected chi connectivity index (χ4v) is 2.55. The van der Waals surface area contributed by atoms with E-state index >= 15 is 0 Å². The first-order chi connectivity index (χ1) is 7.58. The third kappa shape index (κ3) is 1.55. The number of hydrogen-bond donors (Lipinski definition) is 1. The molecule has 1 aliphatic carbocycles. The van der Waals surface area contributed by atoms with Crippen molar-refractivity contribution < 1.29 is 9.90 Å². The Morgan fingerprint density at radius 3 is 2.56 bits per heavy atom. The average molecular weight is 238 g/mol. The molecule has 0 bridgehead atoms. The minimum atomic E-state index is -0.926. The molecule has 0 radical (unpaired) electrons. The van der Waals surface area contributed by atoms with Crippen molar-refractivity contribution in [2.24, 2.45) is 5.41 Å². The quantitative estimate of drug-likeness (QED) is 0.860. The molecule has 0 aromatic heterocycles. The minimum Gasteiger partial charge on any atom is -0.478 e. The molecule has 1 aromatic carbocycles. The van der Waals surface area contributed by atoms with Gasteiger partial charge in [0.1, 0.15) is 0 Å². The van der Waals surface area contributed by atoms with Crippen LogP contribution in [-0.4, -0.2) is 24.2 Å². The molecule has 3 rings (SSSR count). The molecule has 3 nitrogen and oxygen atoms in total. The molecule has 1 N–H and O–H groups in total. The lowest BCUT2D eigenvalue weighted by molar-refractivity contribution is 0.0697. The first-order valence-electron chi connectivity index (χ1n) is 5.37. The number of rotatable bonds is 2. The van der Waals surface area contributed by atoms with Gasteiger partial charge >= 0.3 is 5.97 Å². The average Bonchev–Trinajstić information content (AvgIpc) is 2.93. The van der Waals surface area contributed by atoms with Gasteiger partial charge in [0.25, 0.3) is 0 Å². The van der Waals surface area contributed by atoms with Gasteiger partial charge < -0.3 is 10.0 Å². The Labute approximate surface area is 98.6 Å². The van der Waals surface area contributed by atoms with Crippen LogP contribution in [0.2, 0.25) is 5.02 Å². The monoisotopic (exact) mass is 237 g/mol. The van der Waals surface area contributed by atoms with E-state index in [-0.39, 0.29) is 5.56 Å². The number of aromatic carboxylic acids is 1. The van der Waals surface area contributed by atoms with E-state index in [2.05, 4.69) is 4.90 Å². The van der Waals surface area contributed by atoms with E-state index in [0.717, 1.165) is 18.8 Å². The molecule has 1 spiro atoms. The van der Waals surface area contributed by atoms with Crippen LogP contribution in [0.15, 0.2) is 18.2 Å². The zero-order valence-electron chi connectivity index (χ0n) is 8.74. The van der Waals surface area contributed by atoms with E-state index in [1.165, 1.54) is 18.9 Å². The van der Waals surface area contributed by atoms with Crippen molar-refractivity contribution in [3.8, 4) is 0 Å². The van der Waals surface area contributed by atoms with Crippen LogP contribution in [0.4, 0.5) is 5.69 Å². The molecule has 0 unspecified atom stereocenters. The molecule has 16 heavy (non-hydrogen) atoms. The van der Waals surface area contributed by atoms with E-state index in [4.69, 9.17) is 16.7 Å².